The number of anilines is 2. The second-order valence-corrected chi connectivity index (χ2v) is 6.89. The molecule has 1 atom stereocenters. The molecule has 0 spiro atoms. The van der Waals surface area contributed by atoms with Gasteiger partial charge in [-0.1, -0.05) is 20.8 Å². The highest BCUT2D eigenvalue weighted by Crippen LogP contribution is 2.35. The summed E-state index contributed by atoms with van der Waals surface area (Å²) < 4.78 is 0. The van der Waals surface area contributed by atoms with Gasteiger partial charge in [-0.2, -0.15) is 0 Å². The molecule has 2 rings (SSSR count). The van der Waals surface area contributed by atoms with Crippen molar-refractivity contribution in [3.63, 3.8) is 0 Å². The lowest BCUT2D eigenvalue weighted by atomic mass is 9.77. The molecule has 1 aliphatic heterocycles. The Bertz CT molecular complexity index is 450. The predicted molar refractivity (Wildman–Crippen MR) is 85.3 cm³/mol. The van der Waals surface area contributed by atoms with E-state index in [1.165, 1.54) is 19.3 Å². The van der Waals surface area contributed by atoms with Gasteiger partial charge in [0.05, 0.1) is 0 Å². The van der Waals surface area contributed by atoms with E-state index >= 15 is 0 Å². The fourth-order valence-electron chi connectivity index (χ4n) is 3.03. The van der Waals surface area contributed by atoms with Gasteiger partial charge in [0, 0.05) is 26.2 Å². The molecule has 1 aromatic rings. The summed E-state index contributed by atoms with van der Waals surface area (Å²) in [5.41, 5.74) is 0.410. The fraction of sp³-hybridized carbons (Fsp3) is 0.750. The van der Waals surface area contributed by atoms with Gasteiger partial charge in [-0.25, -0.2) is 9.97 Å². The molecule has 1 saturated heterocycles. The molecule has 0 aliphatic carbocycles. The van der Waals surface area contributed by atoms with Crippen molar-refractivity contribution in [3.8, 4) is 0 Å². The van der Waals surface area contributed by atoms with E-state index in [0.717, 1.165) is 36.5 Å². The molecule has 0 aromatic carbocycles. The van der Waals surface area contributed by atoms with Crippen LogP contribution >= 0.6 is 0 Å². The lowest BCUT2D eigenvalue weighted by Gasteiger charge is -2.30. The van der Waals surface area contributed by atoms with E-state index in [1.807, 2.05) is 14.0 Å². The van der Waals surface area contributed by atoms with E-state index in [9.17, 15) is 0 Å². The van der Waals surface area contributed by atoms with E-state index < -0.39 is 0 Å². The highest BCUT2D eigenvalue weighted by Gasteiger charge is 2.27. The first-order valence-electron chi connectivity index (χ1n) is 7.68. The first-order valence-corrected chi connectivity index (χ1v) is 7.68. The molecule has 0 amide bonds. The van der Waals surface area contributed by atoms with Gasteiger partial charge in [-0.05, 0) is 37.5 Å². The Morgan fingerprint density at radius 2 is 1.95 bits per heavy atom. The Morgan fingerprint density at radius 1 is 1.20 bits per heavy atom. The first-order chi connectivity index (χ1) is 9.40. The average molecular weight is 276 g/mol. The normalized spacial score (nSPS) is 20.6. The Kier molecular flexibility index (Phi) is 4.51. The fourth-order valence-corrected chi connectivity index (χ4v) is 3.03. The van der Waals surface area contributed by atoms with Crippen molar-refractivity contribution in [2.75, 3.05) is 30.4 Å². The number of rotatable bonds is 2. The first kappa shape index (κ1) is 15.1. The second-order valence-electron chi connectivity index (χ2n) is 6.89. The zero-order valence-corrected chi connectivity index (χ0v) is 13.5. The third-order valence-electron chi connectivity index (χ3n) is 4.36. The van der Waals surface area contributed by atoms with E-state index in [4.69, 9.17) is 0 Å². The van der Waals surface area contributed by atoms with E-state index in [-0.39, 0.29) is 0 Å². The molecule has 2 heterocycles. The minimum absolute atomic E-state index is 0.410. The Hall–Kier alpha value is -1.32. The molecule has 4 nitrogen and oxygen atoms in total. The van der Waals surface area contributed by atoms with Gasteiger partial charge in [0.2, 0.25) is 0 Å². The highest BCUT2D eigenvalue weighted by atomic mass is 15.2. The summed E-state index contributed by atoms with van der Waals surface area (Å²) in [5, 5.41) is 3.12. The average Bonchev–Trinajstić information content (AvgIpc) is 2.63. The monoisotopic (exact) mass is 276 g/mol. The van der Waals surface area contributed by atoms with Crippen molar-refractivity contribution in [3.05, 3.63) is 11.9 Å². The van der Waals surface area contributed by atoms with Crippen LogP contribution in [0.15, 0.2) is 6.07 Å². The zero-order chi connectivity index (χ0) is 14.8. The van der Waals surface area contributed by atoms with Crippen molar-refractivity contribution in [2.45, 2.75) is 47.0 Å². The van der Waals surface area contributed by atoms with E-state index in [2.05, 4.69) is 47.0 Å². The molecule has 1 fully saturated rings. The molecule has 1 unspecified atom stereocenters. The largest absolute Gasteiger partial charge is 0.373 e. The van der Waals surface area contributed by atoms with Gasteiger partial charge >= 0.3 is 0 Å². The molecule has 0 bridgehead atoms. The molecular formula is C16H28N4. The van der Waals surface area contributed by atoms with Crippen LogP contribution in [-0.2, 0) is 0 Å². The van der Waals surface area contributed by atoms with Crippen LogP contribution in [0.2, 0.25) is 0 Å². The Labute approximate surface area is 123 Å². The quantitative estimate of drug-likeness (QED) is 0.898. The maximum absolute atomic E-state index is 4.61. The van der Waals surface area contributed by atoms with Crippen molar-refractivity contribution in [1.29, 1.82) is 0 Å². The van der Waals surface area contributed by atoms with Crippen molar-refractivity contribution >= 4 is 11.6 Å². The standard InChI is InChI=1S/C16H28N4/c1-12-18-14(17-5)11-15(19-12)20-9-6-7-13(8-10-20)16(2,3)4/h11,13H,6-10H2,1-5H3,(H,17,18,19). The van der Waals surface area contributed by atoms with Crippen LogP contribution in [-0.4, -0.2) is 30.1 Å². The zero-order valence-electron chi connectivity index (χ0n) is 13.5. The number of hydrogen-bond acceptors (Lipinski definition) is 4. The molecule has 1 aliphatic rings. The SMILES string of the molecule is CNc1cc(N2CCCC(C(C)(C)C)CC2)nc(C)n1. The van der Waals surface area contributed by atoms with Crippen molar-refractivity contribution in [2.24, 2.45) is 11.3 Å². The van der Waals surface area contributed by atoms with Crippen molar-refractivity contribution in [1.82, 2.24) is 9.97 Å². The summed E-state index contributed by atoms with van der Waals surface area (Å²) in [6.45, 7) is 11.2. The smallest absolute Gasteiger partial charge is 0.134 e. The van der Waals surface area contributed by atoms with E-state index in [0.29, 0.717) is 5.41 Å². The molecule has 1 N–H and O–H groups in total. The maximum Gasteiger partial charge on any atom is 0.134 e. The van der Waals surface area contributed by atoms with Crippen LogP contribution < -0.4 is 10.2 Å². The number of aromatic nitrogens is 2. The molecular weight excluding hydrogens is 248 g/mol. The van der Waals surface area contributed by atoms with Gasteiger partial charge in [0.25, 0.3) is 0 Å². The van der Waals surface area contributed by atoms with Gasteiger partial charge in [-0.15, -0.1) is 0 Å². The van der Waals surface area contributed by atoms with Gasteiger partial charge in [0.1, 0.15) is 17.5 Å². The summed E-state index contributed by atoms with van der Waals surface area (Å²) in [6.07, 6.45) is 3.82. The minimum Gasteiger partial charge on any atom is -0.373 e. The summed E-state index contributed by atoms with van der Waals surface area (Å²) in [7, 11) is 1.91. The van der Waals surface area contributed by atoms with Crippen LogP contribution in [0.5, 0.6) is 0 Å². The van der Waals surface area contributed by atoms with Gasteiger partial charge in [-0.3, -0.25) is 0 Å². The lowest BCUT2D eigenvalue weighted by molar-refractivity contribution is 0.220. The van der Waals surface area contributed by atoms with Gasteiger partial charge < -0.3 is 10.2 Å². The third kappa shape index (κ3) is 3.62. The number of nitrogens with zero attached hydrogens (tertiary/aromatic N) is 3. The summed E-state index contributed by atoms with van der Waals surface area (Å²) in [5.74, 6) is 3.61. The van der Waals surface area contributed by atoms with Crippen LogP contribution in [0, 0.1) is 18.3 Å². The molecule has 20 heavy (non-hydrogen) atoms. The third-order valence-corrected chi connectivity index (χ3v) is 4.36. The Balaban J connectivity index is 2.12. The van der Waals surface area contributed by atoms with E-state index in [1.54, 1.807) is 0 Å². The van der Waals surface area contributed by atoms with Crippen LogP contribution in [0.3, 0.4) is 0 Å². The Morgan fingerprint density at radius 3 is 2.60 bits per heavy atom. The topological polar surface area (TPSA) is 41.0 Å². The van der Waals surface area contributed by atoms with Crippen LogP contribution in [0.25, 0.3) is 0 Å². The van der Waals surface area contributed by atoms with Crippen molar-refractivity contribution < 1.29 is 0 Å². The van der Waals surface area contributed by atoms with Crippen LogP contribution in [0.1, 0.15) is 45.9 Å². The predicted octanol–water partition coefficient (Wildman–Crippen LogP) is 3.48. The number of hydrogen-bond donors (Lipinski definition) is 1. The number of nitrogens with one attached hydrogen (secondary N) is 1. The van der Waals surface area contributed by atoms with Gasteiger partial charge in [0.15, 0.2) is 0 Å². The minimum atomic E-state index is 0.410. The molecule has 4 heteroatoms. The molecule has 0 saturated carbocycles. The van der Waals surface area contributed by atoms with Crippen LogP contribution in [0.4, 0.5) is 11.6 Å². The maximum atomic E-state index is 4.61. The number of aryl methyl sites for hydroxylation is 1. The summed E-state index contributed by atoms with van der Waals surface area (Å²) in [6, 6.07) is 2.06. The second kappa shape index (κ2) is 5.98. The highest BCUT2D eigenvalue weighted by molar-refractivity contribution is 5.49. The lowest BCUT2D eigenvalue weighted by Crippen LogP contribution is -2.27. The molecule has 0 radical (unpaired) electrons. The molecule has 112 valence electrons. The molecule has 1 aromatic heterocycles. The summed E-state index contributed by atoms with van der Waals surface area (Å²) >= 11 is 0. The summed E-state index contributed by atoms with van der Waals surface area (Å²) in [4.78, 5) is 11.4.